The number of rotatable bonds is 3. The lowest BCUT2D eigenvalue weighted by atomic mass is 10.3. The van der Waals surface area contributed by atoms with Gasteiger partial charge in [0.25, 0.3) is 0 Å². The van der Waals surface area contributed by atoms with E-state index in [-0.39, 0.29) is 0 Å². The maximum absolute atomic E-state index is 11.6. The number of halogens is 1. The van der Waals surface area contributed by atoms with Gasteiger partial charge < -0.3 is 10.1 Å². The number of ether oxygens (including phenoxy) is 1. The van der Waals surface area contributed by atoms with E-state index >= 15 is 0 Å². The van der Waals surface area contributed by atoms with Crippen LogP contribution in [0.3, 0.4) is 0 Å². The van der Waals surface area contributed by atoms with Crippen molar-refractivity contribution in [2.24, 2.45) is 0 Å². The monoisotopic (exact) mass is 297 g/mol. The highest BCUT2D eigenvalue weighted by molar-refractivity contribution is 9.10. The van der Waals surface area contributed by atoms with Gasteiger partial charge in [-0.3, -0.25) is 4.40 Å². The quantitative estimate of drug-likeness (QED) is 0.691. The first-order valence-corrected chi connectivity index (χ1v) is 5.87. The van der Waals surface area contributed by atoms with Gasteiger partial charge in [-0.05, 0) is 35.1 Å². The number of methoxy groups -OCH3 is 1. The molecule has 0 bridgehead atoms. The smallest absolute Gasteiger partial charge is 0.358 e. The third kappa shape index (κ3) is 2.05. The molecule has 0 radical (unpaired) electrons. The molecule has 0 saturated heterocycles. The first-order valence-electron chi connectivity index (χ1n) is 5.07. The fraction of sp³-hybridized carbons (Fsp3) is 0.273. The molecular weight excluding hydrogens is 286 g/mol. The molecular formula is C11H12BrN3O2. The van der Waals surface area contributed by atoms with Crippen molar-refractivity contribution >= 4 is 27.4 Å². The van der Waals surface area contributed by atoms with Crippen LogP contribution in [0.25, 0.3) is 5.52 Å². The summed E-state index contributed by atoms with van der Waals surface area (Å²) in [4.78, 5) is 15.9. The van der Waals surface area contributed by atoms with E-state index in [9.17, 15) is 4.79 Å². The minimum atomic E-state index is -0.428. The summed E-state index contributed by atoms with van der Waals surface area (Å²) in [5, 5.41) is 3.02. The van der Waals surface area contributed by atoms with Gasteiger partial charge in [-0.1, -0.05) is 6.07 Å². The predicted molar refractivity (Wildman–Crippen MR) is 67.0 cm³/mol. The van der Waals surface area contributed by atoms with Crippen LogP contribution >= 0.6 is 15.9 Å². The highest BCUT2D eigenvalue weighted by Gasteiger charge is 2.18. The van der Waals surface area contributed by atoms with Crippen LogP contribution in [0.4, 0.5) is 0 Å². The van der Waals surface area contributed by atoms with Crippen LogP contribution in [-0.2, 0) is 11.3 Å². The first kappa shape index (κ1) is 12.1. The van der Waals surface area contributed by atoms with Crippen molar-refractivity contribution in [3.05, 3.63) is 34.3 Å². The Morgan fingerprint density at radius 3 is 3.00 bits per heavy atom. The Bertz CT molecular complexity index is 565. The summed E-state index contributed by atoms with van der Waals surface area (Å²) in [6.07, 6.45) is 0. The van der Waals surface area contributed by atoms with Gasteiger partial charge in [0.2, 0.25) is 0 Å². The highest BCUT2D eigenvalue weighted by atomic mass is 79.9. The molecule has 2 aromatic heterocycles. The molecule has 0 aliphatic carbocycles. The molecule has 0 amide bonds. The summed E-state index contributed by atoms with van der Waals surface area (Å²) in [5.74, 6) is 0.332. The summed E-state index contributed by atoms with van der Waals surface area (Å²) in [6.45, 7) is 0.570. The molecule has 2 rings (SSSR count). The number of hydrogen-bond donors (Lipinski definition) is 1. The fourth-order valence-corrected chi connectivity index (χ4v) is 2.24. The molecule has 2 heterocycles. The second-order valence-corrected chi connectivity index (χ2v) is 4.28. The van der Waals surface area contributed by atoms with Crippen molar-refractivity contribution in [3.8, 4) is 0 Å². The molecule has 90 valence electrons. The molecule has 0 spiro atoms. The third-order valence-corrected chi connectivity index (χ3v) is 3.02. The fourth-order valence-electron chi connectivity index (χ4n) is 1.69. The maximum Gasteiger partial charge on any atom is 0.358 e. The summed E-state index contributed by atoms with van der Waals surface area (Å²) < 4.78 is 7.45. The first-order chi connectivity index (χ1) is 8.19. The molecule has 6 heteroatoms. The molecule has 0 aliphatic heterocycles. The van der Waals surface area contributed by atoms with Crippen molar-refractivity contribution in [2.75, 3.05) is 14.2 Å². The number of hydrogen-bond acceptors (Lipinski definition) is 4. The van der Waals surface area contributed by atoms with Gasteiger partial charge in [-0.15, -0.1) is 0 Å². The zero-order valence-corrected chi connectivity index (χ0v) is 11.1. The minimum Gasteiger partial charge on any atom is -0.464 e. The van der Waals surface area contributed by atoms with E-state index in [2.05, 4.69) is 26.2 Å². The molecule has 0 aromatic carbocycles. The number of nitrogens with zero attached hydrogens (tertiary/aromatic N) is 2. The van der Waals surface area contributed by atoms with Crippen LogP contribution in [0.1, 0.15) is 16.3 Å². The Hall–Kier alpha value is -1.40. The maximum atomic E-state index is 11.6. The Morgan fingerprint density at radius 1 is 1.59 bits per heavy atom. The van der Waals surface area contributed by atoms with E-state index in [0.717, 1.165) is 15.9 Å². The van der Waals surface area contributed by atoms with Crippen molar-refractivity contribution in [2.45, 2.75) is 6.54 Å². The van der Waals surface area contributed by atoms with E-state index < -0.39 is 5.97 Å². The molecule has 2 aromatic rings. The average Bonchev–Trinajstić information content (AvgIpc) is 2.69. The van der Waals surface area contributed by atoms with E-state index in [1.54, 1.807) is 0 Å². The van der Waals surface area contributed by atoms with E-state index in [1.807, 2.05) is 29.6 Å². The highest BCUT2D eigenvalue weighted by Crippen LogP contribution is 2.20. The van der Waals surface area contributed by atoms with Crippen LogP contribution in [-0.4, -0.2) is 29.5 Å². The Morgan fingerprint density at radius 2 is 2.35 bits per heavy atom. The standard InChI is InChI=1S/C11H12BrN3O2/c1-13-6-9-14-10(11(16)17-2)7-4-3-5-8(12)15(7)9/h3-5,13H,6H2,1-2H3. The number of nitrogens with one attached hydrogen (secondary N) is 1. The van der Waals surface area contributed by atoms with Gasteiger partial charge in [-0.25, -0.2) is 9.78 Å². The Balaban J connectivity index is 2.70. The lowest BCUT2D eigenvalue weighted by Gasteiger charge is -2.02. The minimum absolute atomic E-state index is 0.332. The largest absolute Gasteiger partial charge is 0.464 e. The van der Waals surface area contributed by atoms with Crippen LogP contribution in [0, 0.1) is 0 Å². The number of pyridine rings is 1. The Kier molecular flexibility index (Phi) is 3.44. The summed E-state index contributed by atoms with van der Waals surface area (Å²) in [6, 6.07) is 5.59. The molecule has 17 heavy (non-hydrogen) atoms. The number of carbonyl (C=O) groups excluding carboxylic acids is 1. The molecule has 0 unspecified atom stereocenters. The second-order valence-electron chi connectivity index (χ2n) is 3.47. The van der Waals surface area contributed by atoms with Crippen molar-refractivity contribution in [1.82, 2.24) is 14.7 Å². The second kappa shape index (κ2) is 4.85. The van der Waals surface area contributed by atoms with Gasteiger partial charge in [0.1, 0.15) is 5.82 Å². The van der Waals surface area contributed by atoms with E-state index in [4.69, 9.17) is 4.74 Å². The van der Waals surface area contributed by atoms with Crippen LogP contribution in [0.15, 0.2) is 22.8 Å². The molecule has 0 atom stereocenters. The zero-order chi connectivity index (χ0) is 12.4. The molecule has 5 nitrogen and oxygen atoms in total. The number of imidazole rings is 1. The molecule has 0 aliphatic rings. The third-order valence-electron chi connectivity index (χ3n) is 2.40. The van der Waals surface area contributed by atoms with E-state index in [0.29, 0.717) is 12.2 Å². The van der Waals surface area contributed by atoms with Gasteiger partial charge in [0, 0.05) is 0 Å². The zero-order valence-electron chi connectivity index (χ0n) is 9.53. The predicted octanol–water partition coefficient (Wildman–Crippen LogP) is 1.60. The summed E-state index contributed by atoms with van der Waals surface area (Å²) in [5.41, 5.74) is 1.07. The molecule has 0 saturated carbocycles. The van der Waals surface area contributed by atoms with Gasteiger partial charge >= 0.3 is 5.97 Å². The van der Waals surface area contributed by atoms with Gasteiger partial charge in [-0.2, -0.15) is 0 Å². The van der Waals surface area contributed by atoms with Gasteiger partial charge in [0.05, 0.1) is 23.8 Å². The number of aromatic nitrogens is 2. The number of carbonyl (C=O) groups is 1. The number of esters is 1. The van der Waals surface area contributed by atoms with Crippen LogP contribution in [0.5, 0.6) is 0 Å². The normalized spacial score (nSPS) is 10.8. The topological polar surface area (TPSA) is 55.6 Å². The SMILES string of the molecule is CNCc1nc(C(=O)OC)c2cccc(Br)n12. The van der Waals surface area contributed by atoms with Crippen LogP contribution in [0.2, 0.25) is 0 Å². The average molecular weight is 298 g/mol. The Labute approximate surface area is 107 Å². The molecule has 0 fully saturated rings. The van der Waals surface area contributed by atoms with Crippen LogP contribution < -0.4 is 5.32 Å². The van der Waals surface area contributed by atoms with Crippen molar-refractivity contribution in [1.29, 1.82) is 0 Å². The lowest BCUT2D eigenvalue weighted by molar-refractivity contribution is 0.0597. The van der Waals surface area contributed by atoms with Gasteiger partial charge in [0.15, 0.2) is 5.69 Å². The lowest BCUT2D eigenvalue weighted by Crippen LogP contribution is -2.09. The summed E-state index contributed by atoms with van der Waals surface area (Å²) >= 11 is 3.45. The van der Waals surface area contributed by atoms with Crippen molar-refractivity contribution in [3.63, 3.8) is 0 Å². The number of fused-ring (bicyclic) bond motifs is 1. The van der Waals surface area contributed by atoms with Crippen molar-refractivity contribution < 1.29 is 9.53 Å². The van der Waals surface area contributed by atoms with E-state index in [1.165, 1.54) is 7.11 Å². The molecule has 1 N–H and O–H groups in total. The summed E-state index contributed by atoms with van der Waals surface area (Å²) in [7, 11) is 3.18.